The molecule has 0 spiro atoms. The molecular weight excluding hydrogens is 324 g/mol. The van der Waals surface area contributed by atoms with E-state index in [1.807, 2.05) is 19.1 Å². The van der Waals surface area contributed by atoms with E-state index in [1.165, 1.54) is 15.8 Å². The van der Waals surface area contributed by atoms with Crippen molar-refractivity contribution in [2.75, 3.05) is 0 Å². The van der Waals surface area contributed by atoms with Crippen molar-refractivity contribution in [2.24, 2.45) is 0 Å². The number of pyridine rings is 1. The number of aromatic nitrogens is 1. The highest BCUT2D eigenvalue weighted by Crippen LogP contribution is 2.23. The summed E-state index contributed by atoms with van der Waals surface area (Å²) in [7, 11) is 0. The molecule has 0 amide bonds. The van der Waals surface area contributed by atoms with E-state index in [2.05, 4.69) is 36.2 Å². The van der Waals surface area contributed by atoms with Gasteiger partial charge in [-0.2, -0.15) is 0 Å². The van der Waals surface area contributed by atoms with Crippen LogP contribution in [0.4, 0.5) is 0 Å². The van der Waals surface area contributed by atoms with E-state index in [1.54, 1.807) is 12.1 Å². The quantitative estimate of drug-likeness (QED) is 0.436. The van der Waals surface area contributed by atoms with E-state index in [4.69, 9.17) is 16.6 Å². The fourth-order valence-corrected chi connectivity index (χ4v) is 2.68. The minimum absolute atomic E-state index is 0.111. The summed E-state index contributed by atoms with van der Waals surface area (Å²) >= 11 is 6.23. The summed E-state index contributed by atoms with van der Waals surface area (Å²) in [6.07, 6.45) is 1.37. The van der Waals surface area contributed by atoms with Crippen molar-refractivity contribution in [3.8, 4) is 5.75 Å². The summed E-state index contributed by atoms with van der Waals surface area (Å²) in [5.74, 6) is 0.111. The normalized spacial score (nSPS) is 12.1. The monoisotopic (exact) mass is 341 g/mol. The van der Waals surface area contributed by atoms with Gasteiger partial charge in [0.1, 0.15) is 11.4 Å². The summed E-state index contributed by atoms with van der Waals surface area (Å²) in [5.41, 5.74) is 3.54. The fraction of sp³-hybridized carbons (Fsp3) is 0.158. The number of aromatic hydroxyl groups is 1. The van der Waals surface area contributed by atoms with Crippen LogP contribution in [0.25, 0.3) is 10.8 Å². The number of hydrogen-bond donors (Lipinski definition) is 1. The minimum atomic E-state index is 0.111. The van der Waals surface area contributed by atoms with Gasteiger partial charge in [-0.1, -0.05) is 36.4 Å². The van der Waals surface area contributed by atoms with Gasteiger partial charge < -0.3 is 5.11 Å². The molecule has 3 rings (SSSR count). The van der Waals surface area contributed by atoms with Gasteiger partial charge in [0.25, 0.3) is 5.71 Å². The van der Waals surface area contributed by atoms with Crippen LogP contribution < -0.4 is 0 Å². The molecule has 4 nitrogen and oxygen atoms in total. The van der Waals surface area contributed by atoms with Gasteiger partial charge in [-0.15, -0.1) is 0 Å². The van der Waals surface area contributed by atoms with Crippen molar-refractivity contribution >= 4 is 28.3 Å². The minimum Gasteiger partial charge on any atom is -0.506 e. The Morgan fingerprint density at radius 2 is 1.96 bits per heavy atom. The number of hydrogen-bond acceptors (Lipinski definition) is 3. The Morgan fingerprint density at radius 3 is 2.71 bits per heavy atom. The van der Waals surface area contributed by atoms with Crippen molar-refractivity contribution in [3.63, 3.8) is 0 Å². The lowest BCUT2D eigenvalue weighted by Gasteiger charge is -2.08. The largest absolute Gasteiger partial charge is 0.506 e. The van der Waals surface area contributed by atoms with Gasteiger partial charge in [-0.25, -0.2) is 4.98 Å². The Bertz CT molecular complexity index is 905. The molecule has 0 saturated heterocycles. The highest BCUT2D eigenvalue weighted by molar-refractivity contribution is 6.10. The topological polar surface area (TPSA) is 45.4 Å². The SMILES string of the molecule is CC(c1ccc(O)cn1)=[N+](Cl)OCc1c(C)ccc2ccccc12. The number of rotatable bonds is 4. The Hall–Kier alpha value is -2.59. The molecule has 24 heavy (non-hydrogen) atoms. The van der Waals surface area contributed by atoms with Crippen molar-refractivity contribution < 1.29 is 14.2 Å². The van der Waals surface area contributed by atoms with Crippen LogP contribution in [-0.4, -0.2) is 20.1 Å². The molecule has 5 heteroatoms. The first-order chi connectivity index (χ1) is 11.6. The van der Waals surface area contributed by atoms with Gasteiger partial charge in [-0.3, -0.25) is 4.84 Å². The predicted molar refractivity (Wildman–Crippen MR) is 95.3 cm³/mol. The molecule has 0 aliphatic carbocycles. The standard InChI is InChI=1S/C19H17ClN2O2/c1-13-7-8-15-5-3-4-6-17(15)18(13)12-24-22(20)14(2)19-10-9-16(23)11-21-19/h3-11H,12H2,1-2H3/p+1. The Balaban J connectivity index is 1.86. The molecule has 0 aliphatic heterocycles. The maximum Gasteiger partial charge on any atom is 0.319 e. The van der Waals surface area contributed by atoms with Crippen LogP contribution >= 0.6 is 11.8 Å². The van der Waals surface area contributed by atoms with Crippen LogP contribution in [-0.2, 0) is 11.4 Å². The van der Waals surface area contributed by atoms with E-state index >= 15 is 0 Å². The molecule has 1 heterocycles. The summed E-state index contributed by atoms with van der Waals surface area (Å²) in [4.78, 5) is 9.85. The Kier molecular flexibility index (Phi) is 4.67. The van der Waals surface area contributed by atoms with Crippen molar-refractivity contribution in [2.45, 2.75) is 20.5 Å². The maximum absolute atomic E-state index is 9.31. The molecule has 0 saturated carbocycles. The first-order valence-corrected chi connectivity index (χ1v) is 7.95. The van der Waals surface area contributed by atoms with Gasteiger partial charge in [-0.05, 0) is 35.4 Å². The maximum atomic E-state index is 9.31. The number of nitrogens with zero attached hydrogens (tertiary/aromatic N) is 2. The second-order valence-electron chi connectivity index (χ2n) is 5.59. The van der Waals surface area contributed by atoms with E-state index in [0.717, 1.165) is 16.5 Å². The highest BCUT2D eigenvalue weighted by atomic mass is 35.5. The summed E-state index contributed by atoms with van der Waals surface area (Å²) in [5, 5.41) is 11.6. The lowest BCUT2D eigenvalue weighted by atomic mass is 10.0. The van der Waals surface area contributed by atoms with E-state index in [0.29, 0.717) is 18.0 Å². The molecule has 0 aliphatic rings. The van der Waals surface area contributed by atoms with Crippen LogP contribution in [0, 0.1) is 6.92 Å². The third-order valence-electron chi connectivity index (χ3n) is 3.98. The molecule has 1 aromatic heterocycles. The van der Waals surface area contributed by atoms with Crippen LogP contribution in [0.2, 0.25) is 0 Å². The smallest absolute Gasteiger partial charge is 0.319 e. The summed E-state index contributed by atoms with van der Waals surface area (Å²) < 4.78 is 1.20. The van der Waals surface area contributed by atoms with Crippen molar-refractivity contribution in [1.82, 2.24) is 4.98 Å². The zero-order chi connectivity index (χ0) is 17.1. The second kappa shape index (κ2) is 6.89. The second-order valence-corrected chi connectivity index (χ2v) is 5.89. The Labute approximate surface area is 145 Å². The molecule has 0 bridgehead atoms. The average molecular weight is 342 g/mol. The van der Waals surface area contributed by atoms with E-state index < -0.39 is 0 Å². The molecule has 0 fully saturated rings. The fourth-order valence-electron chi connectivity index (χ4n) is 2.54. The Morgan fingerprint density at radius 1 is 1.17 bits per heavy atom. The summed E-state index contributed by atoms with van der Waals surface area (Å²) in [6.45, 7) is 4.22. The molecule has 1 N–H and O–H groups in total. The van der Waals surface area contributed by atoms with Crippen LogP contribution in [0.1, 0.15) is 23.7 Å². The summed E-state index contributed by atoms with van der Waals surface area (Å²) in [6, 6.07) is 15.6. The zero-order valence-electron chi connectivity index (χ0n) is 13.5. The van der Waals surface area contributed by atoms with Gasteiger partial charge in [0.05, 0.1) is 10.5 Å². The highest BCUT2D eigenvalue weighted by Gasteiger charge is 2.16. The number of halogens is 1. The van der Waals surface area contributed by atoms with E-state index in [9.17, 15) is 5.11 Å². The zero-order valence-corrected chi connectivity index (χ0v) is 14.3. The number of aryl methyl sites for hydroxylation is 1. The van der Waals surface area contributed by atoms with Crippen LogP contribution in [0.5, 0.6) is 5.75 Å². The van der Waals surface area contributed by atoms with Crippen molar-refractivity contribution in [3.05, 3.63) is 71.5 Å². The number of fused-ring (bicyclic) bond motifs is 1. The molecule has 0 atom stereocenters. The third-order valence-corrected chi connectivity index (χ3v) is 4.33. The lowest BCUT2D eigenvalue weighted by molar-refractivity contribution is -0.688. The van der Waals surface area contributed by atoms with Crippen molar-refractivity contribution in [1.29, 1.82) is 0 Å². The predicted octanol–water partition coefficient (Wildman–Crippen LogP) is 4.36. The van der Waals surface area contributed by atoms with Gasteiger partial charge in [0, 0.05) is 12.5 Å². The third kappa shape index (κ3) is 3.34. The molecule has 0 radical (unpaired) electrons. The molecule has 3 aromatic rings. The molecular formula is C19H18ClN2O2+. The van der Waals surface area contributed by atoms with Crippen LogP contribution in [0.15, 0.2) is 54.7 Å². The molecule has 122 valence electrons. The number of benzene rings is 2. The average Bonchev–Trinajstić information content (AvgIpc) is 2.60. The molecule has 0 unspecified atom stereocenters. The van der Waals surface area contributed by atoms with Gasteiger partial charge >= 0.3 is 11.8 Å². The van der Waals surface area contributed by atoms with Crippen LogP contribution in [0.3, 0.4) is 0 Å². The lowest BCUT2D eigenvalue weighted by Crippen LogP contribution is -2.13. The van der Waals surface area contributed by atoms with E-state index in [-0.39, 0.29) is 5.75 Å². The van der Waals surface area contributed by atoms with Gasteiger partial charge in [0.2, 0.25) is 0 Å². The first-order valence-electron chi connectivity index (χ1n) is 7.61. The van der Waals surface area contributed by atoms with Gasteiger partial charge in [0.15, 0.2) is 6.61 Å². The first kappa shape index (κ1) is 16.3. The molecule has 2 aromatic carbocycles.